The van der Waals surface area contributed by atoms with Crippen molar-refractivity contribution in [3.05, 3.63) is 0 Å². The van der Waals surface area contributed by atoms with Crippen LogP contribution >= 0.6 is 34.8 Å². The molecule has 102 valence electrons. The zero-order valence-electron chi connectivity index (χ0n) is 10.3. The first-order chi connectivity index (χ1) is 8.02. The van der Waals surface area contributed by atoms with Crippen LogP contribution in [0.25, 0.3) is 0 Å². The van der Waals surface area contributed by atoms with Crippen LogP contribution < -0.4 is 0 Å². The van der Waals surface area contributed by atoms with Gasteiger partial charge < -0.3 is 5.11 Å². The van der Waals surface area contributed by atoms with Gasteiger partial charge in [0.05, 0.1) is 6.10 Å². The maximum atomic E-state index is 10.1. The van der Waals surface area contributed by atoms with Gasteiger partial charge in [-0.2, -0.15) is 0 Å². The molecule has 1 nitrogen and oxygen atoms in total. The Morgan fingerprint density at radius 3 is 1.59 bits per heavy atom. The Balaban J connectivity index is 2.51. The third-order valence-electron chi connectivity index (χ3n) is 3.65. The van der Waals surface area contributed by atoms with Crippen molar-refractivity contribution < 1.29 is 5.11 Å². The summed E-state index contributed by atoms with van der Waals surface area (Å²) in [6, 6.07) is 0. The molecular weight excluding hydrogens is 279 g/mol. The van der Waals surface area contributed by atoms with Crippen molar-refractivity contribution in [3.63, 3.8) is 0 Å². The van der Waals surface area contributed by atoms with Crippen molar-refractivity contribution in [3.8, 4) is 0 Å². The Kier molecular flexibility index (Phi) is 7.56. The van der Waals surface area contributed by atoms with Gasteiger partial charge in [0.2, 0.25) is 0 Å². The Bertz CT molecular complexity index is 203. The molecule has 0 radical (unpaired) electrons. The van der Waals surface area contributed by atoms with Crippen LogP contribution in [0.5, 0.6) is 0 Å². The minimum Gasteiger partial charge on any atom is -0.393 e. The van der Waals surface area contributed by atoms with Crippen LogP contribution in [-0.2, 0) is 0 Å². The standard InChI is InChI=1S/C13H23Cl3O/c14-13(15,16)11-9-7-5-3-1-2-4-6-8-10-12(11)17/h11-12,17H,1-10H2. The molecule has 1 N–H and O–H groups in total. The molecule has 0 bridgehead atoms. The van der Waals surface area contributed by atoms with Gasteiger partial charge in [0.15, 0.2) is 3.79 Å². The highest BCUT2D eigenvalue weighted by molar-refractivity contribution is 6.67. The van der Waals surface area contributed by atoms with Gasteiger partial charge in [-0.25, -0.2) is 0 Å². The van der Waals surface area contributed by atoms with E-state index in [1.54, 1.807) is 0 Å². The highest BCUT2D eigenvalue weighted by Gasteiger charge is 2.36. The Labute approximate surface area is 120 Å². The third kappa shape index (κ3) is 6.52. The summed E-state index contributed by atoms with van der Waals surface area (Å²) in [6.45, 7) is 0. The summed E-state index contributed by atoms with van der Waals surface area (Å²) in [5.74, 6) is -0.216. The molecule has 0 heterocycles. The van der Waals surface area contributed by atoms with Crippen molar-refractivity contribution >= 4 is 34.8 Å². The van der Waals surface area contributed by atoms with Crippen molar-refractivity contribution in [2.45, 2.75) is 74.1 Å². The van der Waals surface area contributed by atoms with Gasteiger partial charge in [-0.1, -0.05) is 86.2 Å². The average Bonchev–Trinajstić information content (AvgIpc) is 2.21. The van der Waals surface area contributed by atoms with Gasteiger partial charge in [0.25, 0.3) is 0 Å². The van der Waals surface area contributed by atoms with E-state index in [1.165, 1.54) is 38.5 Å². The average molecular weight is 302 g/mol. The largest absolute Gasteiger partial charge is 0.393 e. The molecule has 0 aliphatic heterocycles. The van der Waals surface area contributed by atoms with Crippen LogP contribution in [0, 0.1) is 5.92 Å². The smallest absolute Gasteiger partial charge is 0.195 e. The summed E-state index contributed by atoms with van der Waals surface area (Å²) < 4.78 is -1.33. The molecule has 1 saturated carbocycles. The van der Waals surface area contributed by atoms with Gasteiger partial charge in [-0.15, -0.1) is 0 Å². The van der Waals surface area contributed by atoms with Gasteiger partial charge in [0, 0.05) is 5.92 Å². The van der Waals surface area contributed by atoms with Crippen molar-refractivity contribution in [2.75, 3.05) is 0 Å². The normalized spacial score (nSPS) is 30.4. The predicted octanol–water partition coefficient (Wildman–Crippen LogP) is 5.25. The quantitative estimate of drug-likeness (QED) is 0.606. The van der Waals surface area contributed by atoms with E-state index < -0.39 is 9.90 Å². The molecule has 0 amide bonds. The monoisotopic (exact) mass is 300 g/mol. The van der Waals surface area contributed by atoms with E-state index >= 15 is 0 Å². The van der Waals surface area contributed by atoms with Gasteiger partial charge in [0.1, 0.15) is 0 Å². The zero-order valence-corrected chi connectivity index (χ0v) is 12.6. The van der Waals surface area contributed by atoms with Crippen molar-refractivity contribution in [1.82, 2.24) is 0 Å². The first kappa shape index (κ1) is 15.9. The lowest BCUT2D eigenvalue weighted by Crippen LogP contribution is -2.32. The summed E-state index contributed by atoms with van der Waals surface area (Å²) in [5.41, 5.74) is 0. The first-order valence-electron chi connectivity index (χ1n) is 6.76. The zero-order chi connectivity index (χ0) is 12.7. The summed E-state index contributed by atoms with van der Waals surface area (Å²) in [6.07, 6.45) is 10.7. The molecule has 0 aromatic carbocycles. The lowest BCUT2D eigenvalue weighted by atomic mass is 9.91. The molecule has 1 rings (SSSR count). The van der Waals surface area contributed by atoms with Gasteiger partial charge in [-0.05, 0) is 12.8 Å². The maximum Gasteiger partial charge on any atom is 0.195 e. The molecule has 0 aromatic heterocycles. The molecule has 2 atom stereocenters. The molecular formula is C13H23Cl3O. The molecule has 1 fully saturated rings. The minimum atomic E-state index is -1.33. The molecule has 0 saturated heterocycles. The molecule has 1 aliphatic rings. The summed E-state index contributed by atoms with van der Waals surface area (Å²) in [5, 5.41) is 10.1. The fraction of sp³-hybridized carbons (Fsp3) is 1.00. The third-order valence-corrected chi connectivity index (χ3v) is 4.49. The second-order valence-electron chi connectivity index (χ2n) is 5.12. The van der Waals surface area contributed by atoms with E-state index in [1.807, 2.05) is 0 Å². The van der Waals surface area contributed by atoms with Crippen LogP contribution in [0.1, 0.15) is 64.2 Å². The lowest BCUT2D eigenvalue weighted by molar-refractivity contribution is 0.0906. The second-order valence-corrected chi connectivity index (χ2v) is 7.49. The van der Waals surface area contributed by atoms with E-state index in [-0.39, 0.29) is 5.92 Å². The number of aliphatic hydroxyl groups is 1. The predicted molar refractivity (Wildman–Crippen MR) is 76.0 cm³/mol. The van der Waals surface area contributed by atoms with Crippen LogP contribution in [0.2, 0.25) is 0 Å². The number of hydrogen-bond donors (Lipinski definition) is 1. The first-order valence-corrected chi connectivity index (χ1v) is 7.90. The van der Waals surface area contributed by atoms with E-state index in [4.69, 9.17) is 34.8 Å². The number of alkyl halides is 3. The van der Waals surface area contributed by atoms with Crippen LogP contribution in [-0.4, -0.2) is 15.0 Å². The van der Waals surface area contributed by atoms with E-state index in [9.17, 15) is 5.11 Å². The summed E-state index contributed by atoms with van der Waals surface area (Å²) in [4.78, 5) is 0. The Morgan fingerprint density at radius 1 is 0.706 bits per heavy atom. The van der Waals surface area contributed by atoms with E-state index in [0.29, 0.717) is 0 Å². The fourth-order valence-corrected chi connectivity index (χ4v) is 3.32. The second kappa shape index (κ2) is 8.09. The molecule has 4 heteroatoms. The van der Waals surface area contributed by atoms with E-state index in [2.05, 4.69) is 0 Å². The minimum absolute atomic E-state index is 0.216. The highest BCUT2D eigenvalue weighted by atomic mass is 35.6. The summed E-state index contributed by atoms with van der Waals surface area (Å²) >= 11 is 17.9. The number of halogens is 3. The molecule has 0 spiro atoms. The molecule has 2 unspecified atom stereocenters. The van der Waals surface area contributed by atoms with Gasteiger partial charge in [-0.3, -0.25) is 0 Å². The van der Waals surface area contributed by atoms with Crippen LogP contribution in [0.3, 0.4) is 0 Å². The van der Waals surface area contributed by atoms with E-state index in [0.717, 1.165) is 25.7 Å². The topological polar surface area (TPSA) is 20.2 Å². The molecule has 17 heavy (non-hydrogen) atoms. The Morgan fingerprint density at radius 2 is 1.12 bits per heavy atom. The molecule has 0 aromatic rings. The number of aliphatic hydroxyl groups excluding tert-OH is 1. The van der Waals surface area contributed by atoms with Crippen LogP contribution in [0.4, 0.5) is 0 Å². The van der Waals surface area contributed by atoms with Crippen LogP contribution in [0.15, 0.2) is 0 Å². The SMILES string of the molecule is OC1CCCCCCCCCCC1C(Cl)(Cl)Cl. The summed E-state index contributed by atoms with van der Waals surface area (Å²) in [7, 11) is 0. The Hall–Kier alpha value is 0.830. The molecule has 1 aliphatic carbocycles. The van der Waals surface area contributed by atoms with Crippen molar-refractivity contribution in [2.24, 2.45) is 5.92 Å². The number of rotatable bonds is 0. The highest BCUT2D eigenvalue weighted by Crippen LogP contribution is 2.41. The van der Waals surface area contributed by atoms with Gasteiger partial charge >= 0.3 is 0 Å². The number of hydrogen-bond acceptors (Lipinski definition) is 1. The van der Waals surface area contributed by atoms with Crippen molar-refractivity contribution in [1.29, 1.82) is 0 Å². The fourth-order valence-electron chi connectivity index (χ4n) is 2.55. The maximum absolute atomic E-state index is 10.1. The lowest BCUT2D eigenvalue weighted by Gasteiger charge is -2.29.